The molecule has 3 atom stereocenters. The van der Waals surface area contributed by atoms with Gasteiger partial charge >= 0.3 is 18.2 Å². The lowest BCUT2D eigenvalue weighted by Gasteiger charge is -2.48. The first kappa shape index (κ1) is 19.7. The molecule has 2 saturated heterocycles. The molecule has 3 fully saturated rings. The van der Waals surface area contributed by atoms with Crippen LogP contribution in [-0.4, -0.2) is 87.3 Å². The SMILES string of the molecule is CC[C@H]1CN(C(=O)C(F)(F)F)C2(CC2)CN1C(=O)[C@@H]1C[C@@H](F)CN1C(=O)O. The molecule has 2 heterocycles. The van der Waals surface area contributed by atoms with E-state index in [1.807, 2.05) is 0 Å². The maximum Gasteiger partial charge on any atom is 0.471 e. The number of amides is 3. The van der Waals surface area contributed by atoms with Crippen LogP contribution in [0.25, 0.3) is 0 Å². The highest BCUT2D eigenvalue weighted by Crippen LogP contribution is 2.47. The van der Waals surface area contributed by atoms with E-state index in [9.17, 15) is 37.1 Å². The van der Waals surface area contributed by atoms with Gasteiger partial charge in [-0.2, -0.15) is 13.2 Å². The van der Waals surface area contributed by atoms with Crippen molar-refractivity contribution in [1.29, 1.82) is 0 Å². The summed E-state index contributed by atoms with van der Waals surface area (Å²) >= 11 is 0. The van der Waals surface area contributed by atoms with Gasteiger partial charge in [0.15, 0.2) is 0 Å². The Morgan fingerprint density at radius 3 is 2.26 bits per heavy atom. The summed E-state index contributed by atoms with van der Waals surface area (Å²) in [5.41, 5.74) is -1.06. The summed E-state index contributed by atoms with van der Waals surface area (Å²) in [5.74, 6) is -2.52. The van der Waals surface area contributed by atoms with Gasteiger partial charge in [-0.05, 0) is 19.3 Å². The molecule has 0 aromatic heterocycles. The summed E-state index contributed by atoms with van der Waals surface area (Å²) in [6, 6.07) is -1.86. The lowest BCUT2D eigenvalue weighted by Crippen LogP contribution is -2.66. The van der Waals surface area contributed by atoms with Gasteiger partial charge in [0, 0.05) is 25.6 Å². The van der Waals surface area contributed by atoms with Crippen molar-refractivity contribution in [3.63, 3.8) is 0 Å². The topological polar surface area (TPSA) is 81.2 Å². The highest BCUT2D eigenvalue weighted by atomic mass is 19.4. The third kappa shape index (κ3) is 3.43. The molecule has 7 nitrogen and oxygen atoms in total. The second kappa shape index (κ2) is 6.52. The molecule has 3 aliphatic rings. The molecule has 0 unspecified atom stereocenters. The number of carbonyl (C=O) groups is 3. The maximum atomic E-state index is 13.7. The maximum absolute atomic E-state index is 13.7. The monoisotopic (exact) mass is 395 g/mol. The fourth-order valence-corrected chi connectivity index (χ4v) is 4.09. The molecular formula is C16H21F4N3O4. The Morgan fingerprint density at radius 2 is 1.78 bits per heavy atom. The Labute approximate surface area is 152 Å². The normalized spacial score (nSPS) is 30.0. The number of nitrogens with zero attached hydrogens (tertiary/aromatic N) is 3. The Morgan fingerprint density at radius 1 is 1.15 bits per heavy atom. The molecule has 1 aliphatic carbocycles. The number of alkyl halides is 4. The van der Waals surface area contributed by atoms with E-state index in [1.165, 1.54) is 4.90 Å². The van der Waals surface area contributed by atoms with E-state index in [4.69, 9.17) is 0 Å². The molecule has 0 aromatic carbocycles. The molecule has 2 aliphatic heterocycles. The Bertz CT molecular complexity index is 652. The van der Waals surface area contributed by atoms with Gasteiger partial charge in [-0.1, -0.05) is 6.92 Å². The lowest BCUT2D eigenvalue weighted by atomic mass is 10.00. The van der Waals surface area contributed by atoms with Crippen LogP contribution in [0.1, 0.15) is 32.6 Å². The first-order chi connectivity index (χ1) is 12.5. The van der Waals surface area contributed by atoms with E-state index in [0.717, 1.165) is 9.80 Å². The van der Waals surface area contributed by atoms with Crippen molar-refractivity contribution in [1.82, 2.24) is 14.7 Å². The van der Waals surface area contributed by atoms with E-state index in [2.05, 4.69) is 0 Å². The van der Waals surface area contributed by atoms with Crippen LogP contribution in [0.3, 0.4) is 0 Å². The van der Waals surface area contributed by atoms with Gasteiger partial charge in [0.25, 0.3) is 0 Å². The molecule has 0 radical (unpaired) electrons. The van der Waals surface area contributed by atoms with Gasteiger partial charge < -0.3 is 14.9 Å². The molecule has 152 valence electrons. The van der Waals surface area contributed by atoms with Gasteiger partial charge in [-0.15, -0.1) is 0 Å². The minimum Gasteiger partial charge on any atom is -0.465 e. The van der Waals surface area contributed by atoms with Crippen LogP contribution < -0.4 is 0 Å². The van der Waals surface area contributed by atoms with E-state index in [-0.39, 0.29) is 19.5 Å². The van der Waals surface area contributed by atoms with Crippen LogP contribution in [0.5, 0.6) is 0 Å². The highest BCUT2D eigenvalue weighted by molar-refractivity contribution is 5.88. The number of piperazine rings is 1. The van der Waals surface area contributed by atoms with Crippen LogP contribution in [0.2, 0.25) is 0 Å². The van der Waals surface area contributed by atoms with Gasteiger partial charge in [0.05, 0.1) is 12.1 Å². The van der Waals surface area contributed by atoms with Crippen LogP contribution in [-0.2, 0) is 9.59 Å². The van der Waals surface area contributed by atoms with E-state index in [0.29, 0.717) is 19.3 Å². The number of carbonyl (C=O) groups excluding carboxylic acids is 2. The quantitative estimate of drug-likeness (QED) is 0.721. The zero-order chi connectivity index (χ0) is 20.1. The summed E-state index contributed by atoms with van der Waals surface area (Å²) in [6.45, 7) is 0.917. The minimum absolute atomic E-state index is 0.0902. The zero-order valence-electron chi connectivity index (χ0n) is 14.7. The largest absolute Gasteiger partial charge is 0.471 e. The molecule has 3 amide bonds. The second-order valence-electron chi connectivity index (χ2n) is 7.45. The van der Waals surface area contributed by atoms with Crippen LogP contribution in [0, 0.1) is 0 Å². The van der Waals surface area contributed by atoms with E-state index in [1.54, 1.807) is 6.92 Å². The summed E-state index contributed by atoms with van der Waals surface area (Å²) in [6.07, 6.45) is -7.15. The Balaban J connectivity index is 1.82. The van der Waals surface area contributed by atoms with Crippen molar-refractivity contribution >= 4 is 17.9 Å². The second-order valence-corrected chi connectivity index (χ2v) is 7.45. The number of rotatable bonds is 2. The van der Waals surface area contributed by atoms with Crippen molar-refractivity contribution in [2.75, 3.05) is 19.6 Å². The summed E-state index contributed by atoms with van der Waals surface area (Å²) in [4.78, 5) is 39.0. The van der Waals surface area contributed by atoms with Gasteiger partial charge in [-0.3, -0.25) is 14.5 Å². The molecule has 11 heteroatoms. The first-order valence-electron chi connectivity index (χ1n) is 8.83. The first-order valence-corrected chi connectivity index (χ1v) is 8.83. The van der Waals surface area contributed by atoms with E-state index >= 15 is 0 Å². The fraction of sp³-hybridized carbons (Fsp3) is 0.812. The van der Waals surface area contributed by atoms with E-state index < -0.39 is 54.4 Å². The molecule has 0 bridgehead atoms. The predicted octanol–water partition coefficient (Wildman–Crippen LogP) is 1.62. The van der Waals surface area contributed by atoms with Crippen LogP contribution >= 0.6 is 0 Å². The minimum atomic E-state index is -4.99. The number of hydrogen-bond acceptors (Lipinski definition) is 3. The van der Waals surface area contributed by atoms with Gasteiger partial charge in [-0.25, -0.2) is 9.18 Å². The number of carboxylic acid groups (broad SMARTS) is 1. The lowest BCUT2D eigenvalue weighted by molar-refractivity contribution is -0.193. The van der Waals surface area contributed by atoms with Gasteiger partial charge in [0.2, 0.25) is 5.91 Å². The fourth-order valence-electron chi connectivity index (χ4n) is 4.09. The molecule has 1 saturated carbocycles. The van der Waals surface area contributed by atoms with Crippen molar-refractivity contribution in [2.24, 2.45) is 0 Å². The standard InChI is InChI=1S/C16H21F4N3O4/c1-2-10-7-23(13(25)16(18,19)20)15(3-4-15)8-22(10)12(24)11-5-9(17)6-21(11)14(26)27/h9-11H,2-8H2,1H3,(H,26,27)/t9-,10+,11+/m1/s1. The third-order valence-corrected chi connectivity index (χ3v) is 5.72. The number of halogens is 4. The van der Waals surface area contributed by atoms with Gasteiger partial charge in [0.1, 0.15) is 12.2 Å². The predicted molar refractivity (Wildman–Crippen MR) is 83.6 cm³/mol. The van der Waals surface area contributed by atoms with Crippen molar-refractivity contribution in [3.8, 4) is 0 Å². The summed E-state index contributed by atoms with van der Waals surface area (Å²) in [7, 11) is 0. The summed E-state index contributed by atoms with van der Waals surface area (Å²) in [5, 5.41) is 9.20. The molecule has 27 heavy (non-hydrogen) atoms. The molecule has 1 spiro atoms. The molecular weight excluding hydrogens is 374 g/mol. The average Bonchev–Trinajstić information content (AvgIpc) is 3.23. The van der Waals surface area contributed by atoms with Crippen molar-refractivity contribution in [2.45, 2.75) is 62.6 Å². The third-order valence-electron chi connectivity index (χ3n) is 5.72. The smallest absolute Gasteiger partial charge is 0.465 e. The Kier molecular flexibility index (Phi) is 4.75. The van der Waals surface area contributed by atoms with Crippen LogP contribution in [0.15, 0.2) is 0 Å². The highest BCUT2D eigenvalue weighted by Gasteiger charge is 2.60. The number of likely N-dealkylation sites (tertiary alicyclic amines) is 1. The Hall–Kier alpha value is -2.07. The van der Waals surface area contributed by atoms with Crippen molar-refractivity contribution < 1.29 is 37.1 Å². The molecule has 1 N–H and O–H groups in total. The van der Waals surface area contributed by atoms with Crippen molar-refractivity contribution in [3.05, 3.63) is 0 Å². The molecule has 3 rings (SSSR count). The summed E-state index contributed by atoms with van der Waals surface area (Å²) < 4.78 is 52.5. The van der Waals surface area contributed by atoms with Crippen LogP contribution in [0.4, 0.5) is 22.4 Å². The zero-order valence-corrected chi connectivity index (χ0v) is 14.7. The average molecular weight is 395 g/mol. The number of hydrogen-bond donors (Lipinski definition) is 1. The molecule has 0 aromatic rings.